The largest absolute Gasteiger partial charge is 0.497 e. The van der Waals surface area contributed by atoms with Crippen LogP contribution < -0.4 is 20.1 Å². The molecule has 1 heterocycles. The maximum atomic E-state index is 12.8. The minimum Gasteiger partial charge on any atom is -0.497 e. The molecule has 0 bridgehead atoms. The van der Waals surface area contributed by atoms with Crippen LogP contribution in [0.5, 0.6) is 11.5 Å². The van der Waals surface area contributed by atoms with E-state index in [1.54, 1.807) is 32.4 Å². The molecule has 152 valence electrons. The van der Waals surface area contributed by atoms with E-state index in [0.29, 0.717) is 22.3 Å². The Balaban J connectivity index is 1.79. The van der Waals surface area contributed by atoms with Crippen molar-refractivity contribution in [2.75, 3.05) is 31.4 Å². The number of carbonyl (C=O) groups is 1. The van der Waals surface area contributed by atoms with Crippen LogP contribution in [0.4, 0.5) is 11.5 Å². The number of anilines is 2. The fraction of sp³-hybridized carbons (Fsp3) is 0.286. The molecule has 8 heteroatoms. The van der Waals surface area contributed by atoms with Gasteiger partial charge < -0.3 is 20.1 Å². The summed E-state index contributed by atoms with van der Waals surface area (Å²) in [4.78, 5) is 22.0. The molecule has 0 saturated heterocycles. The van der Waals surface area contributed by atoms with Crippen LogP contribution in [-0.2, 0) is 4.79 Å². The predicted molar refractivity (Wildman–Crippen MR) is 117 cm³/mol. The van der Waals surface area contributed by atoms with E-state index >= 15 is 0 Å². The van der Waals surface area contributed by atoms with Crippen molar-refractivity contribution in [2.24, 2.45) is 0 Å². The van der Waals surface area contributed by atoms with Crippen molar-refractivity contribution in [3.63, 3.8) is 0 Å². The van der Waals surface area contributed by atoms with Gasteiger partial charge in [-0.1, -0.05) is 23.9 Å². The lowest BCUT2D eigenvalue weighted by Crippen LogP contribution is -2.23. The Labute approximate surface area is 174 Å². The minimum atomic E-state index is -0.415. The number of nitrogens with zero attached hydrogens (tertiary/aromatic N) is 2. The van der Waals surface area contributed by atoms with Crippen molar-refractivity contribution in [2.45, 2.75) is 24.3 Å². The molecule has 0 saturated carbocycles. The molecule has 0 aliphatic heterocycles. The van der Waals surface area contributed by atoms with E-state index in [-0.39, 0.29) is 5.91 Å². The quantitative estimate of drug-likeness (QED) is 0.424. The Morgan fingerprint density at radius 1 is 1.14 bits per heavy atom. The number of amides is 1. The third-order valence-corrected chi connectivity index (χ3v) is 5.20. The standard InChI is InChI=1S/C21H24N4O3S/c1-5-22-19-15-8-6-7-9-16(15)24-21(25-19)29-13(2)20(26)23-17-12-14(27-3)10-11-18(17)28-4/h6-13H,5H2,1-4H3,(H,23,26)(H,22,24,25). The Kier molecular flexibility index (Phi) is 6.77. The van der Waals surface area contributed by atoms with Gasteiger partial charge in [-0.25, -0.2) is 9.97 Å². The Morgan fingerprint density at radius 3 is 2.66 bits per heavy atom. The van der Waals surface area contributed by atoms with E-state index in [2.05, 4.69) is 20.6 Å². The summed E-state index contributed by atoms with van der Waals surface area (Å²) in [6.07, 6.45) is 0. The summed E-state index contributed by atoms with van der Waals surface area (Å²) in [6, 6.07) is 13.1. The molecule has 7 nitrogen and oxygen atoms in total. The molecule has 2 aromatic carbocycles. The summed E-state index contributed by atoms with van der Waals surface area (Å²) in [7, 11) is 3.13. The zero-order valence-electron chi connectivity index (χ0n) is 16.9. The number of nitrogens with one attached hydrogen (secondary N) is 2. The van der Waals surface area contributed by atoms with Crippen LogP contribution in [0.3, 0.4) is 0 Å². The molecule has 2 N–H and O–H groups in total. The fourth-order valence-electron chi connectivity index (χ4n) is 2.77. The summed E-state index contributed by atoms with van der Waals surface area (Å²) < 4.78 is 10.6. The Bertz CT molecular complexity index is 1010. The molecule has 0 radical (unpaired) electrons. The van der Waals surface area contributed by atoms with E-state index < -0.39 is 5.25 Å². The topological polar surface area (TPSA) is 85.4 Å². The van der Waals surface area contributed by atoms with Gasteiger partial charge in [0.15, 0.2) is 5.16 Å². The van der Waals surface area contributed by atoms with E-state index in [1.807, 2.05) is 38.1 Å². The number of hydrogen-bond donors (Lipinski definition) is 2. The molecule has 1 amide bonds. The average molecular weight is 413 g/mol. The Morgan fingerprint density at radius 2 is 1.93 bits per heavy atom. The van der Waals surface area contributed by atoms with E-state index in [9.17, 15) is 4.79 Å². The first kappa shape index (κ1) is 20.7. The molecule has 1 unspecified atom stereocenters. The summed E-state index contributed by atoms with van der Waals surface area (Å²) in [5.41, 5.74) is 1.39. The van der Waals surface area contributed by atoms with Gasteiger partial charge in [0, 0.05) is 18.0 Å². The van der Waals surface area contributed by atoms with Crippen molar-refractivity contribution in [1.82, 2.24) is 9.97 Å². The lowest BCUT2D eigenvalue weighted by Gasteiger charge is -2.15. The average Bonchev–Trinajstić information content (AvgIpc) is 2.73. The smallest absolute Gasteiger partial charge is 0.237 e. The minimum absolute atomic E-state index is 0.177. The second-order valence-electron chi connectivity index (χ2n) is 6.22. The highest BCUT2D eigenvalue weighted by atomic mass is 32.2. The van der Waals surface area contributed by atoms with Crippen molar-refractivity contribution >= 4 is 40.1 Å². The molecule has 3 aromatic rings. The number of methoxy groups -OCH3 is 2. The number of fused-ring (bicyclic) bond motifs is 1. The van der Waals surface area contributed by atoms with Crippen LogP contribution in [0, 0.1) is 0 Å². The second kappa shape index (κ2) is 9.47. The highest BCUT2D eigenvalue weighted by Crippen LogP contribution is 2.31. The number of rotatable bonds is 8. The number of aromatic nitrogens is 2. The van der Waals surface area contributed by atoms with Crippen LogP contribution in [0.15, 0.2) is 47.6 Å². The highest BCUT2D eigenvalue weighted by molar-refractivity contribution is 8.00. The number of thioether (sulfide) groups is 1. The molecule has 0 fully saturated rings. The molecule has 3 rings (SSSR count). The van der Waals surface area contributed by atoms with Crippen LogP contribution in [0.1, 0.15) is 13.8 Å². The number of benzene rings is 2. The fourth-order valence-corrected chi connectivity index (χ4v) is 3.55. The van der Waals surface area contributed by atoms with Gasteiger partial charge in [-0.3, -0.25) is 4.79 Å². The maximum Gasteiger partial charge on any atom is 0.237 e. The van der Waals surface area contributed by atoms with Crippen LogP contribution >= 0.6 is 11.8 Å². The number of ether oxygens (including phenoxy) is 2. The third-order valence-electron chi connectivity index (χ3n) is 4.24. The molecule has 0 spiro atoms. The predicted octanol–water partition coefficient (Wildman–Crippen LogP) is 4.20. The number of hydrogen-bond acceptors (Lipinski definition) is 7. The van der Waals surface area contributed by atoms with Crippen molar-refractivity contribution in [3.8, 4) is 11.5 Å². The molecule has 0 aliphatic rings. The molecular weight excluding hydrogens is 388 g/mol. The molecule has 0 aliphatic carbocycles. The van der Waals surface area contributed by atoms with Crippen molar-refractivity contribution in [1.29, 1.82) is 0 Å². The van der Waals surface area contributed by atoms with Gasteiger partial charge in [-0.05, 0) is 38.1 Å². The Hall–Kier alpha value is -3.00. The van der Waals surface area contributed by atoms with Gasteiger partial charge in [-0.15, -0.1) is 0 Å². The normalized spacial score (nSPS) is 11.7. The number of carbonyl (C=O) groups excluding carboxylic acids is 1. The monoisotopic (exact) mass is 412 g/mol. The first-order chi connectivity index (χ1) is 14.0. The zero-order chi connectivity index (χ0) is 20.8. The summed E-state index contributed by atoms with van der Waals surface area (Å²) in [6.45, 7) is 4.58. The highest BCUT2D eigenvalue weighted by Gasteiger charge is 2.19. The first-order valence-electron chi connectivity index (χ1n) is 9.26. The van der Waals surface area contributed by atoms with Gasteiger partial charge in [0.25, 0.3) is 0 Å². The summed E-state index contributed by atoms with van der Waals surface area (Å²) in [5.74, 6) is 1.79. The third kappa shape index (κ3) is 4.89. The molecule has 1 atom stereocenters. The molecular formula is C21H24N4O3S. The summed E-state index contributed by atoms with van der Waals surface area (Å²) in [5, 5.41) is 7.24. The van der Waals surface area contributed by atoms with Gasteiger partial charge in [0.1, 0.15) is 17.3 Å². The van der Waals surface area contributed by atoms with E-state index in [0.717, 1.165) is 23.3 Å². The lowest BCUT2D eigenvalue weighted by molar-refractivity contribution is -0.115. The summed E-state index contributed by atoms with van der Waals surface area (Å²) >= 11 is 1.30. The van der Waals surface area contributed by atoms with Crippen molar-refractivity contribution in [3.05, 3.63) is 42.5 Å². The van der Waals surface area contributed by atoms with Gasteiger partial charge in [0.2, 0.25) is 5.91 Å². The molecule has 1 aromatic heterocycles. The van der Waals surface area contributed by atoms with Gasteiger partial charge in [0.05, 0.1) is 30.7 Å². The lowest BCUT2D eigenvalue weighted by atomic mass is 10.2. The molecule has 29 heavy (non-hydrogen) atoms. The van der Waals surface area contributed by atoms with E-state index in [4.69, 9.17) is 9.47 Å². The first-order valence-corrected chi connectivity index (χ1v) is 10.1. The van der Waals surface area contributed by atoms with Crippen LogP contribution in [0.25, 0.3) is 10.9 Å². The maximum absolute atomic E-state index is 12.8. The van der Waals surface area contributed by atoms with Crippen LogP contribution in [0.2, 0.25) is 0 Å². The zero-order valence-corrected chi connectivity index (χ0v) is 17.7. The van der Waals surface area contributed by atoms with Gasteiger partial charge >= 0.3 is 0 Å². The van der Waals surface area contributed by atoms with Crippen LogP contribution in [-0.4, -0.2) is 41.9 Å². The van der Waals surface area contributed by atoms with E-state index in [1.165, 1.54) is 11.8 Å². The second-order valence-corrected chi connectivity index (χ2v) is 7.53. The van der Waals surface area contributed by atoms with Crippen molar-refractivity contribution < 1.29 is 14.3 Å². The van der Waals surface area contributed by atoms with Gasteiger partial charge in [-0.2, -0.15) is 0 Å². The SMILES string of the molecule is CCNc1nc(SC(C)C(=O)Nc2cc(OC)ccc2OC)nc2ccccc12. The number of para-hydroxylation sites is 1.